The summed E-state index contributed by atoms with van der Waals surface area (Å²) < 4.78 is 5.18. The molecular formula is C21H27NO2. The largest absolute Gasteiger partial charge is 0.497 e. The Balaban J connectivity index is 2.14. The Kier molecular flexibility index (Phi) is 5.02. The predicted molar refractivity (Wildman–Crippen MR) is 98.6 cm³/mol. The Hall–Kier alpha value is -2.29. The van der Waals surface area contributed by atoms with Gasteiger partial charge in [-0.05, 0) is 54.7 Å². The van der Waals surface area contributed by atoms with Gasteiger partial charge in [-0.2, -0.15) is 0 Å². The van der Waals surface area contributed by atoms with Gasteiger partial charge in [0.15, 0.2) is 0 Å². The average Bonchev–Trinajstić information content (AvgIpc) is 2.54. The molecule has 0 saturated carbocycles. The van der Waals surface area contributed by atoms with E-state index in [1.807, 2.05) is 62.4 Å². The zero-order valence-corrected chi connectivity index (χ0v) is 15.4. The maximum Gasteiger partial charge on any atom is 0.251 e. The number of carbonyl (C=O) groups is 1. The smallest absolute Gasteiger partial charge is 0.251 e. The molecule has 3 heteroatoms. The van der Waals surface area contributed by atoms with E-state index in [9.17, 15) is 4.79 Å². The first kappa shape index (κ1) is 18.1. The zero-order valence-electron chi connectivity index (χ0n) is 15.4. The van der Waals surface area contributed by atoms with E-state index < -0.39 is 5.54 Å². The molecule has 1 N–H and O–H groups in total. The van der Waals surface area contributed by atoms with Gasteiger partial charge in [-0.25, -0.2) is 0 Å². The number of carbonyl (C=O) groups excluding carboxylic acids is 1. The van der Waals surface area contributed by atoms with Gasteiger partial charge < -0.3 is 10.1 Å². The van der Waals surface area contributed by atoms with Crippen LogP contribution in [0.5, 0.6) is 5.75 Å². The second kappa shape index (κ2) is 6.68. The van der Waals surface area contributed by atoms with Gasteiger partial charge in [-0.1, -0.05) is 45.0 Å². The molecule has 2 rings (SSSR count). The molecule has 1 amide bonds. The first-order valence-electron chi connectivity index (χ1n) is 8.21. The molecule has 0 spiro atoms. The van der Waals surface area contributed by atoms with E-state index in [-0.39, 0.29) is 11.3 Å². The van der Waals surface area contributed by atoms with Crippen LogP contribution in [0.3, 0.4) is 0 Å². The quantitative estimate of drug-likeness (QED) is 0.888. The van der Waals surface area contributed by atoms with Crippen LogP contribution in [0.4, 0.5) is 0 Å². The molecule has 24 heavy (non-hydrogen) atoms. The van der Waals surface area contributed by atoms with Crippen LogP contribution < -0.4 is 10.1 Å². The van der Waals surface area contributed by atoms with Crippen LogP contribution in [0.2, 0.25) is 0 Å². The highest BCUT2D eigenvalue weighted by Crippen LogP contribution is 2.25. The van der Waals surface area contributed by atoms with Gasteiger partial charge in [-0.3, -0.25) is 4.79 Å². The van der Waals surface area contributed by atoms with Crippen LogP contribution in [-0.2, 0) is 11.0 Å². The number of rotatable bonds is 4. The first-order chi connectivity index (χ1) is 11.1. The third-order valence-corrected chi connectivity index (χ3v) is 4.25. The number of ether oxygens (including phenoxy) is 1. The van der Waals surface area contributed by atoms with Crippen molar-refractivity contribution in [2.24, 2.45) is 0 Å². The van der Waals surface area contributed by atoms with Gasteiger partial charge in [0.1, 0.15) is 5.75 Å². The van der Waals surface area contributed by atoms with Gasteiger partial charge >= 0.3 is 0 Å². The summed E-state index contributed by atoms with van der Waals surface area (Å²) in [4.78, 5) is 12.6. The average molecular weight is 325 g/mol. The number of benzene rings is 2. The summed E-state index contributed by atoms with van der Waals surface area (Å²) >= 11 is 0. The number of amides is 1. The molecule has 0 aliphatic rings. The van der Waals surface area contributed by atoms with Crippen LogP contribution in [0.25, 0.3) is 0 Å². The standard InChI is InChI=1S/C21H27NO2/c1-20(2,3)16-9-7-15(8-10-16)19(23)22-21(4,5)17-11-13-18(24-6)14-12-17/h7-14H,1-6H3,(H,22,23). The van der Waals surface area contributed by atoms with E-state index in [0.29, 0.717) is 5.56 Å². The van der Waals surface area contributed by atoms with Crippen LogP contribution in [-0.4, -0.2) is 13.0 Å². The molecule has 0 bridgehead atoms. The van der Waals surface area contributed by atoms with E-state index in [2.05, 4.69) is 26.1 Å². The van der Waals surface area contributed by atoms with Crippen molar-refractivity contribution in [1.82, 2.24) is 5.32 Å². The third kappa shape index (κ3) is 4.16. The molecule has 3 nitrogen and oxygen atoms in total. The molecule has 0 aliphatic carbocycles. The van der Waals surface area contributed by atoms with Crippen LogP contribution >= 0.6 is 0 Å². The maximum atomic E-state index is 12.6. The van der Waals surface area contributed by atoms with Crippen molar-refractivity contribution < 1.29 is 9.53 Å². The monoisotopic (exact) mass is 325 g/mol. The van der Waals surface area contributed by atoms with Gasteiger partial charge in [0.2, 0.25) is 0 Å². The number of methoxy groups -OCH3 is 1. The number of hydrogen-bond acceptors (Lipinski definition) is 2. The Bertz CT molecular complexity index is 692. The highest BCUT2D eigenvalue weighted by atomic mass is 16.5. The topological polar surface area (TPSA) is 38.3 Å². The summed E-state index contributed by atoms with van der Waals surface area (Å²) in [6, 6.07) is 15.6. The van der Waals surface area contributed by atoms with Crippen molar-refractivity contribution in [3.63, 3.8) is 0 Å². The summed E-state index contributed by atoms with van der Waals surface area (Å²) in [5.74, 6) is 0.731. The molecule has 0 radical (unpaired) electrons. The molecule has 0 fully saturated rings. The molecule has 2 aromatic rings. The minimum atomic E-state index is -0.466. The van der Waals surface area contributed by atoms with Crippen LogP contribution in [0.1, 0.15) is 56.1 Å². The van der Waals surface area contributed by atoms with Gasteiger partial charge in [0.25, 0.3) is 5.91 Å². The molecule has 0 saturated heterocycles. The van der Waals surface area contributed by atoms with Gasteiger partial charge in [0.05, 0.1) is 12.6 Å². The Morgan fingerprint density at radius 2 is 1.33 bits per heavy atom. The Labute approximate surface area is 145 Å². The van der Waals surface area contributed by atoms with Gasteiger partial charge in [0, 0.05) is 5.56 Å². The Morgan fingerprint density at radius 1 is 0.833 bits per heavy atom. The lowest BCUT2D eigenvalue weighted by atomic mass is 9.86. The first-order valence-corrected chi connectivity index (χ1v) is 8.21. The normalized spacial score (nSPS) is 11.9. The summed E-state index contributed by atoms with van der Waals surface area (Å²) in [5.41, 5.74) is 2.53. The molecule has 0 heterocycles. The summed E-state index contributed by atoms with van der Waals surface area (Å²) in [5, 5.41) is 3.10. The van der Waals surface area contributed by atoms with Crippen molar-refractivity contribution in [3.8, 4) is 5.75 Å². The second-order valence-electron chi connectivity index (χ2n) is 7.63. The molecule has 0 atom stereocenters. The number of hydrogen-bond donors (Lipinski definition) is 1. The maximum absolute atomic E-state index is 12.6. The predicted octanol–water partition coefficient (Wildman–Crippen LogP) is 4.66. The van der Waals surface area contributed by atoms with Crippen LogP contribution in [0, 0.1) is 0 Å². The van der Waals surface area contributed by atoms with E-state index in [4.69, 9.17) is 4.74 Å². The fourth-order valence-corrected chi connectivity index (χ4v) is 2.56. The van der Waals surface area contributed by atoms with Crippen molar-refractivity contribution in [1.29, 1.82) is 0 Å². The van der Waals surface area contributed by atoms with Crippen molar-refractivity contribution in [2.45, 2.75) is 45.6 Å². The summed E-state index contributed by atoms with van der Waals surface area (Å²) in [6.45, 7) is 10.5. The lowest BCUT2D eigenvalue weighted by Crippen LogP contribution is -2.41. The van der Waals surface area contributed by atoms with E-state index in [0.717, 1.165) is 11.3 Å². The Morgan fingerprint density at radius 3 is 1.79 bits per heavy atom. The van der Waals surface area contributed by atoms with E-state index in [1.165, 1.54) is 5.56 Å². The van der Waals surface area contributed by atoms with E-state index in [1.54, 1.807) is 7.11 Å². The fraction of sp³-hybridized carbons (Fsp3) is 0.381. The lowest BCUT2D eigenvalue weighted by molar-refractivity contribution is 0.0912. The van der Waals surface area contributed by atoms with E-state index >= 15 is 0 Å². The zero-order chi connectivity index (χ0) is 18.0. The van der Waals surface area contributed by atoms with Gasteiger partial charge in [-0.15, -0.1) is 0 Å². The molecule has 0 unspecified atom stereocenters. The molecular weight excluding hydrogens is 298 g/mol. The third-order valence-electron chi connectivity index (χ3n) is 4.25. The summed E-state index contributed by atoms with van der Waals surface area (Å²) in [7, 11) is 1.64. The van der Waals surface area contributed by atoms with Crippen molar-refractivity contribution in [2.75, 3.05) is 7.11 Å². The minimum absolute atomic E-state index is 0.0729. The molecule has 2 aromatic carbocycles. The highest BCUT2D eigenvalue weighted by Gasteiger charge is 2.24. The summed E-state index contributed by atoms with van der Waals surface area (Å²) in [6.07, 6.45) is 0. The molecule has 128 valence electrons. The lowest BCUT2D eigenvalue weighted by Gasteiger charge is -2.27. The van der Waals surface area contributed by atoms with Crippen molar-refractivity contribution >= 4 is 5.91 Å². The fourth-order valence-electron chi connectivity index (χ4n) is 2.56. The number of nitrogens with one attached hydrogen (secondary N) is 1. The minimum Gasteiger partial charge on any atom is -0.497 e. The SMILES string of the molecule is COc1ccc(C(C)(C)NC(=O)c2ccc(C(C)(C)C)cc2)cc1. The van der Waals surface area contributed by atoms with Crippen LogP contribution in [0.15, 0.2) is 48.5 Å². The molecule has 0 aromatic heterocycles. The highest BCUT2D eigenvalue weighted by molar-refractivity contribution is 5.94. The molecule has 0 aliphatic heterocycles. The second-order valence-corrected chi connectivity index (χ2v) is 7.63. The van der Waals surface area contributed by atoms with Crippen molar-refractivity contribution in [3.05, 3.63) is 65.2 Å².